The van der Waals surface area contributed by atoms with Crippen LogP contribution in [0.25, 0.3) is 0 Å². The van der Waals surface area contributed by atoms with E-state index in [2.05, 4.69) is 21.2 Å². The second kappa shape index (κ2) is 8.59. The Morgan fingerprint density at radius 3 is 2.68 bits per heavy atom. The quantitative estimate of drug-likeness (QED) is 0.738. The van der Waals surface area contributed by atoms with Gasteiger partial charge in [-0.05, 0) is 37.1 Å². The van der Waals surface area contributed by atoms with Crippen LogP contribution in [0.3, 0.4) is 0 Å². The molecule has 0 aliphatic rings. The number of hydrogen-bond donors (Lipinski definition) is 1. The van der Waals surface area contributed by atoms with Gasteiger partial charge >= 0.3 is 0 Å². The molecule has 2 aromatic carbocycles. The first-order chi connectivity index (χ1) is 10.6. The average Bonchev–Trinajstić information content (AvgIpc) is 2.52. The van der Waals surface area contributed by atoms with Gasteiger partial charge in [-0.1, -0.05) is 52.3 Å². The fourth-order valence-electron chi connectivity index (χ4n) is 2.12. The summed E-state index contributed by atoms with van der Waals surface area (Å²) in [7, 11) is 0. The highest BCUT2D eigenvalue weighted by atomic mass is 79.9. The average molecular weight is 362 g/mol. The Kier molecular flexibility index (Phi) is 6.46. The van der Waals surface area contributed by atoms with Gasteiger partial charge in [0.15, 0.2) is 0 Å². The Bertz CT molecular complexity index is 601. The van der Waals surface area contributed by atoms with Crippen LogP contribution in [0.2, 0.25) is 0 Å². The molecule has 3 nitrogen and oxygen atoms in total. The summed E-state index contributed by atoms with van der Waals surface area (Å²) in [5.74, 6) is 0.863. The lowest BCUT2D eigenvalue weighted by Crippen LogP contribution is -2.26. The smallest absolute Gasteiger partial charge is 0.220 e. The zero-order valence-electron chi connectivity index (χ0n) is 12.6. The van der Waals surface area contributed by atoms with Crippen LogP contribution in [-0.4, -0.2) is 12.5 Å². The fourth-order valence-corrected chi connectivity index (χ4v) is 2.50. The van der Waals surface area contributed by atoms with E-state index in [0.717, 1.165) is 15.8 Å². The number of carbonyl (C=O) groups excluding carboxylic acids is 1. The van der Waals surface area contributed by atoms with Crippen molar-refractivity contribution in [2.45, 2.75) is 25.8 Å². The molecular weight excluding hydrogens is 342 g/mol. The minimum absolute atomic E-state index is 0.0275. The first kappa shape index (κ1) is 16.6. The summed E-state index contributed by atoms with van der Waals surface area (Å²) in [4.78, 5) is 11.9. The molecule has 0 radical (unpaired) electrons. The van der Waals surface area contributed by atoms with Crippen LogP contribution < -0.4 is 10.1 Å². The zero-order valence-corrected chi connectivity index (χ0v) is 14.2. The summed E-state index contributed by atoms with van der Waals surface area (Å²) in [5, 5.41) is 3.00. The van der Waals surface area contributed by atoms with Crippen LogP contribution in [0.1, 0.15) is 31.4 Å². The maximum absolute atomic E-state index is 11.9. The van der Waals surface area contributed by atoms with E-state index in [1.807, 2.05) is 61.5 Å². The number of benzene rings is 2. The Hall–Kier alpha value is -1.81. The molecule has 0 aromatic heterocycles. The first-order valence-electron chi connectivity index (χ1n) is 7.38. The van der Waals surface area contributed by atoms with Gasteiger partial charge in [-0.3, -0.25) is 4.79 Å². The fraction of sp³-hybridized carbons (Fsp3) is 0.278. The molecule has 2 aromatic rings. The molecule has 0 fully saturated rings. The zero-order chi connectivity index (χ0) is 15.8. The molecule has 0 aliphatic heterocycles. The predicted octanol–water partition coefficient (Wildman–Crippen LogP) is 4.49. The Labute approximate surface area is 139 Å². The molecule has 4 heteroatoms. The third-order valence-electron chi connectivity index (χ3n) is 3.29. The van der Waals surface area contributed by atoms with Gasteiger partial charge in [0.05, 0.1) is 12.6 Å². The molecule has 22 heavy (non-hydrogen) atoms. The van der Waals surface area contributed by atoms with Crippen LogP contribution in [-0.2, 0) is 4.79 Å². The first-order valence-corrected chi connectivity index (χ1v) is 8.17. The van der Waals surface area contributed by atoms with Gasteiger partial charge in [-0.2, -0.15) is 0 Å². The maximum Gasteiger partial charge on any atom is 0.220 e. The van der Waals surface area contributed by atoms with Crippen molar-refractivity contribution in [2.75, 3.05) is 6.61 Å². The molecule has 1 amide bonds. The van der Waals surface area contributed by atoms with E-state index in [1.54, 1.807) is 0 Å². The molecule has 1 atom stereocenters. The van der Waals surface area contributed by atoms with Gasteiger partial charge in [-0.25, -0.2) is 0 Å². The maximum atomic E-state index is 11.9. The van der Waals surface area contributed by atoms with E-state index in [0.29, 0.717) is 19.4 Å². The largest absolute Gasteiger partial charge is 0.494 e. The van der Waals surface area contributed by atoms with Crippen molar-refractivity contribution in [2.24, 2.45) is 0 Å². The molecule has 0 saturated heterocycles. The van der Waals surface area contributed by atoms with Crippen molar-refractivity contribution >= 4 is 21.8 Å². The third kappa shape index (κ3) is 5.53. The highest BCUT2D eigenvalue weighted by molar-refractivity contribution is 9.10. The molecule has 1 N–H and O–H groups in total. The Morgan fingerprint density at radius 1 is 1.18 bits per heavy atom. The summed E-state index contributed by atoms with van der Waals surface area (Å²) in [5.41, 5.74) is 1.11. The normalized spacial score (nSPS) is 11.7. The van der Waals surface area contributed by atoms with Crippen LogP contribution in [0.4, 0.5) is 0 Å². The molecular formula is C18H20BrNO2. The van der Waals surface area contributed by atoms with Gasteiger partial charge in [0, 0.05) is 10.9 Å². The molecule has 2 rings (SSSR count). The SMILES string of the molecule is C[C@H](NC(=O)CCCOc1cccc(Br)c1)c1ccccc1. The van der Waals surface area contributed by atoms with Crippen molar-refractivity contribution in [3.05, 3.63) is 64.6 Å². The van der Waals surface area contributed by atoms with E-state index < -0.39 is 0 Å². The molecule has 0 saturated carbocycles. The number of hydrogen-bond acceptors (Lipinski definition) is 2. The van der Waals surface area contributed by atoms with E-state index in [-0.39, 0.29) is 11.9 Å². The van der Waals surface area contributed by atoms with Gasteiger partial charge in [0.1, 0.15) is 5.75 Å². The summed E-state index contributed by atoms with van der Waals surface area (Å²) in [6, 6.07) is 17.7. The second-order valence-corrected chi connectivity index (χ2v) is 6.02. The predicted molar refractivity (Wildman–Crippen MR) is 91.9 cm³/mol. The lowest BCUT2D eigenvalue weighted by atomic mass is 10.1. The lowest BCUT2D eigenvalue weighted by molar-refractivity contribution is -0.121. The van der Waals surface area contributed by atoms with Gasteiger partial charge in [0.2, 0.25) is 5.91 Å². The molecule has 0 aliphatic carbocycles. The second-order valence-electron chi connectivity index (χ2n) is 5.11. The van der Waals surface area contributed by atoms with E-state index in [4.69, 9.17) is 4.74 Å². The van der Waals surface area contributed by atoms with Gasteiger partial charge < -0.3 is 10.1 Å². The van der Waals surface area contributed by atoms with Crippen molar-refractivity contribution < 1.29 is 9.53 Å². The Morgan fingerprint density at radius 2 is 1.95 bits per heavy atom. The van der Waals surface area contributed by atoms with Gasteiger partial charge in [-0.15, -0.1) is 0 Å². The van der Waals surface area contributed by atoms with Crippen molar-refractivity contribution in [3.8, 4) is 5.75 Å². The highest BCUT2D eigenvalue weighted by Gasteiger charge is 2.08. The van der Waals surface area contributed by atoms with Crippen LogP contribution in [0.5, 0.6) is 5.75 Å². The minimum atomic E-state index is 0.0275. The summed E-state index contributed by atoms with van der Waals surface area (Å²) >= 11 is 3.40. The standard InChI is InChI=1S/C18H20BrNO2/c1-14(15-7-3-2-4-8-15)20-18(21)11-6-12-22-17-10-5-9-16(19)13-17/h2-5,7-10,13-14H,6,11-12H2,1H3,(H,20,21)/t14-/m0/s1. The monoisotopic (exact) mass is 361 g/mol. The number of ether oxygens (including phenoxy) is 1. The van der Waals surface area contributed by atoms with E-state index in [9.17, 15) is 4.79 Å². The summed E-state index contributed by atoms with van der Waals surface area (Å²) in [6.45, 7) is 2.52. The number of halogens is 1. The van der Waals surface area contributed by atoms with Crippen LogP contribution in [0.15, 0.2) is 59.1 Å². The van der Waals surface area contributed by atoms with Crippen LogP contribution in [0, 0.1) is 0 Å². The lowest BCUT2D eigenvalue weighted by Gasteiger charge is -2.14. The molecule has 116 valence electrons. The minimum Gasteiger partial charge on any atom is -0.494 e. The topological polar surface area (TPSA) is 38.3 Å². The molecule has 0 spiro atoms. The van der Waals surface area contributed by atoms with Gasteiger partial charge in [0.25, 0.3) is 0 Å². The Balaban J connectivity index is 1.68. The number of carbonyl (C=O) groups is 1. The number of nitrogens with one attached hydrogen (secondary N) is 1. The van der Waals surface area contributed by atoms with Crippen molar-refractivity contribution in [3.63, 3.8) is 0 Å². The van der Waals surface area contributed by atoms with Crippen molar-refractivity contribution in [1.29, 1.82) is 0 Å². The van der Waals surface area contributed by atoms with E-state index >= 15 is 0 Å². The summed E-state index contributed by atoms with van der Waals surface area (Å²) in [6.07, 6.45) is 1.16. The molecule has 0 bridgehead atoms. The third-order valence-corrected chi connectivity index (χ3v) is 3.78. The molecule has 0 heterocycles. The van der Waals surface area contributed by atoms with Crippen molar-refractivity contribution in [1.82, 2.24) is 5.32 Å². The molecule has 0 unspecified atom stereocenters. The number of rotatable bonds is 7. The summed E-state index contributed by atoms with van der Waals surface area (Å²) < 4.78 is 6.60. The number of amides is 1. The van der Waals surface area contributed by atoms with E-state index in [1.165, 1.54) is 0 Å². The highest BCUT2D eigenvalue weighted by Crippen LogP contribution is 2.18. The van der Waals surface area contributed by atoms with Crippen LogP contribution >= 0.6 is 15.9 Å².